The molecule has 0 N–H and O–H groups in total. The van der Waals surface area contributed by atoms with Crippen LogP contribution in [0.4, 0.5) is 0 Å². The lowest BCUT2D eigenvalue weighted by atomic mass is 10.0. The summed E-state index contributed by atoms with van der Waals surface area (Å²) in [5, 5.41) is 1.58. The number of hydrogen-bond acceptors (Lipinski definition) is 0. The molecule has 0 aliphatic carbocycles. The van der Waals surface area contributed by atoms with Gasteiger partial charge in [0.05, 0.1) is 0 Å². The summed E-state index contributed by atoms with van der Waals surface area (Å²) in [6.45, 7) is 6.32. The van der Waals surface area contributed by atoms with Crippen molar-refractivity contribution in [2.24, 2.45) is 0 Å². The lowest BCUT2D eigenvalue weighted by Crippen LogP contribution is -1.91. The van der Waals surface area contributed by atoms with Gasteiger partial charge in [0.1, 0.15) is 0 Å². The largest absolute Gasteiger partial charge is 0.0840 e. The summed E-state index contributed by atoms with van der Waals surface area (Å²) in [5.74, 6) is 0.473. The second-order valence-electron chi connectivity index (χ2n) is 3.47. The first-order valence-corrected chi connectivity index (χ1v) is 5.29. The summed E-state index contributed by atoms with van der Waals surface area (Å²) in [6, 6.07) is 4.02. The van der Waals surface area contributed by atoms with Gasteiger partial charge in [-0.2, -0.15) is 0 Å². The fraction of sp³-hybridized carbons (Fsp3) is 0.455. The van der Waals surface area contributed by atoms with Crippen LogP contribution in [0.2, 0.25) is 10.0 Å². The Morgan fingerprint density at radius 2 is 1.62 bits per heavy atom. The van der Waals surface area contributed by atoms with Gasteiger partial charge in [-0.1, -0.05) is 44.0 Å². The van der Waals surface area contributed by atoms with Crippen molar-refractivity contribution < 1.29 is 0 Å². The highest BCUT2D eigenvalue weighted by atomic mass is 35.5. The van der Waals surface area contributed by atoms with E-state index in [0.29, 0.717) is 5.92 Å². The van der Waals surface area contributed by atoms with Gasteiger partial charge in [0, 0.05) is 10.0 Å². The van der Waals surface area contributed by atoms with Crippen molar-refractivity contribution in [1.82, 2.24) is 0 Å². The first-order valence-electron chi connectivity index (χ1n) is 4.54. The molecule has 0 spiro atoms. The molecule has 0 unspecified atom stereocenters. The zero-order chi connectivity index (χ0) is 10.0. The molecule has 0 saturated heterocycles. The van der Waals surface area contributed by atoms with Crippen molar-refractivity contribution in [3.63, 3.8) is 0 Å². The Morgan fingerprint density at radius 3 is 1.92 bits per heavy atom. The van der Waals surface area contributed by atoms with Crippen molar-refractivity contribution in [2.45, 2.75) is 33.1 Å². The minimum absolute atomic E-state index is 0.473. The molecule has 1 aromatic carbocycles. The van der Waals surface area contributed by atoms with Crippen LogP contribution in [0.15, 0.2) is 12.1 Å². The van der Waals surface area contributed by atoms with Gasteiger partial charge in [-0.05, 0) is 35.6 Å². The molecule has 72 valence electrons. The molecular weight excluding hydrogens is 203 g/mol. The van der Waals surface area contributed by atoms with Crippen molar-refractivity contribution in [3.05, 3.63) is 33.3 Å². The molecule has 0 aliphatic rings. The molecule has 0 bridgehead atoms. The highest BCUT2D eigenvalue weighted by molar-refractivity contribution is 6.36. The molecule has 0 aliphatic heterocycles. The van der Waals surface area contributed by atoms with Crippen LogP contribution < -0.4 is 0 Å². The van der Waals surface area contributed by atoms with Gasteiger partial charge in [-0.3, -0.25) is 0 Å². The average molecular weight is 217 g/mol. The highest BCUT2D eigenvalue weighted by Gasteiger charge is 2.08. The average Bonchev–Trinajstić information content (AvgIpc) is 2.03. The predicted octanol–water partition coefficient (Wildman–Crippen LogP) is 4.68. The van der Waals surface area contributed by atoms with Gasteiger partial charge in [-0.25, -0.2) is 0 Å². The van der Waals surface area contributed by atoms with Crippen molar-refractivity contribution in [2.75, 3.05) is 0 Å². The number of rotatable bonds is 2. The number of benzene rings is 1. The summed E-state index contributed by atoms with van der Waals surface area (Å²) in [6.07, 6.45) is 0.885. The number of hydrogen-bond donors (Lipinski definition) is 0. The van der Waals surface area contributed by atoms with Crippen LogP contribution >= 0.6 is 23.2 Å². The Labute approximate surface area is 89.9 Å². The van der Waals surface area contributed by atoms with Gasteiger partial charge in [0.2, 0.25) is 0 Å². The monoisotopic (exact) mass is 216 g/mol. The quantitative estimate of drug-likeness (QED) is 0.674. The van der Waals surface area contributed by atoms with Crippen LogP contribution in [0, 0.1) is 0 Å². The lowest BCUT2D eigenvalue weighted by molar-refractivity contribution is 0.865. The van der Waals surface area contributed by atoms with Crippen molar-refractivity contribution in [3.8, 4) is 0 Å². The molecular formula is C11H14Cl2. The van der Waals surface area contributed by atoms with Crippen LogP contribution in [0.5, 0.6) is 0 Å². The van der Waals surface area contributed by atoms with E-state index in [1.165, 1.54) is 5.56 Å². The SMILES string of the molecule is CCc1c(Cl)cc(C(C)C)cc1Cl. The predicted molar refractivity (Wildman–Crippen MR) is 59.9 cm³/mol. The van der Waals surface area contributed by atoms with Crippen molar-refractivity contribution >= 4 is 23.2 Å². The summed E-state index contributed by atoms with van der Waals surface area (Å²) in [4.78, 5) is 0. The molecule has 13 heavy (non-hydrogen) atoms. The zero-order valence-electron chi connectivity index (χ0n) is 8.20. The van der Waals surface area contributed by atoms with Gasteiger partial charge in [-0.15, -0.1) is 0 Å². The normalized spacial score (nSPS) is 10.9. The summed E-state index contributed by atoms with van der Waals surface area (Å²) in [7, 11) is 0. The van der Waals surface area contributed by atoms with E-state index in [4.69, 9.17) is 23.2 Å². The maximum atomic E-state index is 6.09. The Hall–Kier alpha value is -0.200. The lowest BCUT2D eigenvalue weighted by Gasteiger charge is -2.10. The van der Waals surface area contributed by atoms with Gasteiger partial charge >= 0.3 is 0 Å². The Balaban J connectivity index is 3.20. The van der Waals surface area contributed by atoms with Crippen molar-refractivity contribution in [1.29, 1.82) is 0 Å². The third kappa shape index (κ3) is 2.38. The van der Waals surface area contributed by atoms with Crippen LogP contribution in [-0.2, 0) is 6.42 Å². The van der Waals surface area contributed by atoms with Gasteiger partial charge in [0.25, 0.3) is 0 Å². The molecule has 0 fully saturated rings. The Morgan fingerprint density at radius 1 is 1.15 bits per heavy atom. The third-order valence-electron chi connectivity index (χ3n) is 2.18. The standard InChI is InChI=1S/C11H14Cl2/c1-4-9-10(12)5-8(7(2)3)6-11(9)13/h5-7H,4H2,1-3H3. The number of halogens is 2. The fourth-order valence-corrected chi connectivity index (χ4v) is 2.06. The first-order chi connectivity index (χ1) is 6.06. The first kappa shape index (κ1) is 10.9. The molecule has 0 radical (unpaired) electrons. The highest BCUT2D eigenvalue weighted by Crippen LogP contribution is 2.29. The molecule has 0 atom stereocenters. The van der Waals surface area contributed by atoms with E-state index in [0.717, 1.165) is 22.0 Å². The maximum Gasteiger partial charge on any atom is 0.0455 e. The summed E-state index contributed by atoms with van der Waals surface area (Å²) in [5.41, 5.74) is 2.25. The van der Waals surface area contributed by atoms with E-state index >= 15 is 0 Å². The molecule has 0 aromatic heterocycles. The second kappa shape index (κ2) is 4.34. The van der Waals surface area contributed by atoms with E-state index in [2.05, 4.69) is 20.8 Å². The van der Waals surface area contributed by atoms with Crippen LogP contribution in [-0.4, -0.2) is 0 Å². The Kier molecular flexibility index (Phi) is 3.63. The van der Waals surface area contributed by atoms with E-state index < -0.39 is 0 Å². The zero-order valence-corrected chi connectivity index (χ0v) is 9.71. The maximum absolute atomic E-state index is 6.09. The van der Waals surface area contributed by atoms with E-state index in [9.17, 15) is 0 Å². The molecule has 1 rings (SSSR count). The van der Waals surface area contributed by atoms with Crippen LogP contribution in [0.1, 0.15) is 37.8 Å². The van der Waals surface area contributed by atoms with E-state index in [-0.39, 0.29) is 0 Å². The summed E-state index contributed by atoms with van der Waals surface area (Å²) < 4.78 is 0. The van der Waals surface area contributed by atoms with Gasteiger partial charge in [0.15, 0.2) is 0 Å². The second-order valence-corrected chi connectivity index (χ2v) is 4.29. The molecule has 0 saturated carbocycles. The van der Waals surface area contributed by atoms with Crippen LogP contribution in [0.3, 0.4) is 0 Å². The molecule has 0 heterocycles. The Bertz CT molecular complexity index is 280. The topological polar surface area (TPSA) is 0 Å². The molecule has 1 aromatic rings. The van der Waals surface area contributed by atoms with Crippen LogP contribution in [0.25, 0.3) is 0 Å². The van der Waals surface area contributed by atoms with Gasteiger partial charge < -0.3 is 0 Å². The molecule has 2 heteroatoms. The van der Waals surface area contributed by atoms with E-state index in [1.54, 1.807) is 0 Å². The molecule has 0 amide bonds. The molecule has 0 nitrogen and oxygen atoms in total. The fourth-order valence-electron chi connectivity index (χ4n) is 1.29. The third-order valence-corrected chi connectivity index (χ3v) is 2.86. The summed E-state index contributed by atoms with van der Waals surface area (Å²) >= 11 is 12.2. The smallest absolute Gasteiger partial charge is 0.0455 e. The minimum atomic E-state index is 0.473. The van der Waals surface area contributed by atoms with E-state index in [1.807, 2.05) is 12.1 Å². The minimum Gasteiger partial charge on any atom is -0.0840 e.